The summed E-state index contributed by atoms with van der Waals surface area (Å²) >= 11 is 9.57. The number of halogens is 2. The molecule has 0 fully saturated rings. The summed E-state index contributed by atoms with van der Waals surface area (Å²) in [5.41, 5.74) is 44.7. The SMILES string of the molecule is CC(=O)Nc1ccc2c(c1)C(C)(C)c1ccccc1-2.CC1(C)c2cc(Br)ccc2-c2ccc(-c3cccc4c3oc3ccccc34)cc21.CC1(C)c2ccccc2-c2ccc(N)cc21.CC1(C)c2ccccc2-c2ccc(Nc3ccc(-c4ccc(-c5ccccc5)cc4)cc3)cc21.Clc1ccc(-c2ccc3c(c2)oc2ccccc23)cc1. The molecule has 6 nitrogen and oxygen atoms in total. The van der Waals surface area contributed by atoms with E-state index in [-0.39, 0.29) is 27.6 Å². The summed E-state index contributed by atoms with van der Waals surface area (Å²) in [6.45, 7) is 19.8. The van der Waals surface area contributed by atoms with Crippen molar-refractivity contribution in [3.8, 4) is 89.0 Å². The van der Waals surface area contributed by atoms with Crippen molar-refractivity contribution in [1.82, 2.24) is 0 Å². The second-order valence-corrected chi connectivity index (χ2v) is 34.7. The fourth-order valence-electron chi connectivity index (χ4n) is 18.3. The van der Waals surface area contributed by atoms with Crippen molar-refractivity contribution in [2.75, 3.05) is 16.4 Å². The fourth-order valence-corrected chi connectivity index (χ4v) is 18.8. The Morgan fingerprint density at radius 3 is 1.25 bits per heavy atom. The number of anilines is 4. The molecule has 8 heteroatoms. The van der Waals surface area contributed by atoms with Crippen LogP contribution in [-0.2, 0) is 26.5 Å². The van der Waals surface area contributed by atoms with Gasteiger partial charge in [-0.2, -0.15) is 0 Å². The van der Waals surface area contributed by atoms with Crippen LogP contribution in [0.3, 0.4) is 0 Å². The zero-order valence-electron chi connectivity index (χ0n) is 67.5. The molecule has 22 rings (SSSR count). The van der Waals surface area contributed by atoms with Crippen molar-refractivity contribution < 1.29 is 13.6 Å². The lowest BCUT2D eigenvalue weighted by molar-refractivity contribution is -0.114. The maximum absolute atomic E-state index is 11.2. The molecule has 18 aromatic rings. The van der Waals surface area contributed by atoms with E-state index >= 15 is 0 Å². The molecule has 2 aromatic heterocycles. The van der Waals surface area contributed by atoms with E-state index in [2.05, 4.69) is 367 Å². The molecule has 2 heterocycles. The molecular formula is C110H89BrClN3O3. The lowest BCUT2D eigenvalue weighted by Gasteiger charge is -2.22. The number of amides is 1. The van der Waals surface area contributed by atoms with Crippen LogP contribution in [0.25, 0.3) is 133 Å². The number of hydrogen-bond acceptors (Lipinski definition) is 5. The maximum atomic E-state index is 11.2. The first-order valence-electron chi connectivity index (χ1n) is 40.4. The Morgan fingerprint density at radius 1 is 0.297 bits per heavy atom. The lowest BCUT2D eigenvalue weighted by Crippen LogP contribution is -2.15. The van der Waals surface area contributed by atoms with Gasteiger partial charge in [-0.25, -0.2) is 0 Å². The van der Waals surface area contributed by atoms with Crippen LogP contribution in [0.4, 0.5) is 22.7 Å². The number of fused-ring (bicyclic) bond motifs is 18. The third-order valence-corrected chi connectivity index (χ3v) is 25.2. The van der Waals surface area contributed by atoms with Crippen molar-refractivity contribution in [2.45, 2.75) is 84.0 Å². The minimum atomic E-state index is -0.0355. The van der Waals surface area contributed by atoms with E-state index in [1.807, 2.05) is 66.7 Å². The molecule has 0 spiro atoms. The van der Waals surface area contributed by atoms with Crippen LogP contribution < -0.4 is 16.4 Å². The third-order valence-electron chi connectivity index (χ3n) is 24.5. The molecular weight excluding hydrogens is 1530 g/mol. The van der Waals surface area contributed by atoms with Gasteiger partial charge in [0.2, 0.25) is 5.91 Å². The summed E-state index contributed by atoms with van der Waals surface area (Å²) in [7, 11) is 0. The normalized spacial score (nSPS) is 13.7. The summed E-state index contributed by atoms with van der Waals surface area (Å²) in [5.74, 6) is -0.0340. The number of nitrogens with two attached hydrogens (primary N) is 1. The van der Waals surface area contributed by atoms with Gasteiger partial charge < -0.3 is 25.2 Å². The average Bonchev–Trinajstić information content (AvgIpc) is 1.58. The zero-order valence-corrected chi connectivity index (χ0v) is 69.9. The number of hydrogen-bond donors (Lipinski definition) is 3. The summed E-state index contributed by atoms with van der Waals surface area (Å²) in [6, 6.07) is 123. The lowest BCUT2D eigenvalue weighted by atomic mass is 9.81. The van der Waals surface area contributed by atoms with Gasteiger partial charge in [0.1, 0.15) is 22.3 Å². The van der Waals surface area contributed by atoms with E-state index < -0.39 is 0 Å². The Bertz CT molecular complexity index is 6930. The highest BCUT2D eigenvalue weighted by molar-refractivity contribution is 9.10. The molecule has 0 saturated heterocycles. The highest BCUT2D eigenvalue weighted by Gasteiger charge is 2.39. The fraction of sp³-hybridized carbons (Fsp3) is 0.118. The Hall–Kier alpha value is -13.0. The molecule has 0 unspecified atom stereocenters. The van der Waals surface area contributed by atoms with Crippen molar-refractivity contribution in [3.05, 3.63) is 406 Å². The number of carbonyl (C=O) groups is 1. The first kappa shape index (κ1) is 76.3. The van der Waals surface area contributed by atoms with Crippen LogP contribution in [0, 0.1) is 0 Å². The van der Waals surface area contributed by atoms with Gasteiger partial charge in [0.05, 0.1) is 0 Å². The van der Waals surface area contributed by atoms with Gasteiger partial charge >= 0.3 is 0 Å². The summed E-state index contributed by atoms with van der Waals surface area (Å²) in [4.78, 5) is 11.2. The van der Waals surface area contributed by atoms with Crippen LogP contribution in [0.1, 0.15) is 107 Å². The van der Waals surface area contributed by atoms with Crippen LogP contribution in [0.15, 0.2) is 365 Å². The highest BCUT2D eigenvalue weighted by atomic mass is 79.9. The largest absolute Gasteiger partial charge is 0.456 e. The first-order valence-corrected chi connectivity index (χ1v) is 41.5. The summed E-state index contributed by atoms with van der Waals surface area (Å²) < 4.78 is 13.3. The van der Waals surface area contributed by atoms with Crippen molar-refractivity contribution in [3.63, 3.8) is 0 Å². The van der Waals surface area contributed by atoms with Crippen LogP contribution in [-0.4, -0.2) is 5.91 Å². The predicted molar refractivity (Wildman–Crippen MR) is 500 cm³/mol. The third kappa shape index (κ3) is 14.1. The second kappa shape index (κ2) is 30.5. The number of rotatable bonds is 7. The molecule has 118 heavy (non-hydrogen) atoms. The van der Waals surface area contributed by atoms with E-state index in [0.717, 1.165) is 82.0 Å². The molecule has 0 atom stereocenters. The molecule has 0 radical (unpaired) electrons. The van der Waals surface area contributed by atoms with Crippen LogP contribution in [0.5, 0.6) is 0 Å². The molecule has 4 N–H and O–H groups in total. The number of benzene rings is 16. The minimum absolute atomic E-state index is 0.0133. The number of nitrogen functional groups attached to an aromatic ring is 1. The molecule has 0 saturated carbocycles. The van der Waals surface area contributed by atoms with Crippen molar-refractivity contribution >= 4 is 100 Å². The van der Waals surface area contributed by atoms with E-state index in [9.17, 15) is 4.79 Å². The van der Waals surface area contributed by atoms with Gasteiger partial charge in [0.25, 0.3) is 0 Å². The van der Waals surface area contributed by atoms with Crippen LogP contribution >= 0.6 is 27.5 Å². The number of carbonyl (C=O) groups excluding carboxylic acids is 1. The molecule has 0 bridgehead atoms. The van der Waals surface area contributed by atoms with Crippen molar-refractivity contribution in [1.29, 1.82) is 0 Å². The summed E-state index contributed by atoms with van der Waals surface area (Å²) in [6.07, 6.45) is 0. The highest BCUT2D eigenvalue weighted by Crippen LogP contribution is 2.54. The zero-order chi connectivity index (χ0) is 81.4. The minimum Gasteiger partial charge on any atom is -0.456 e. The number of furan rings is 2. The molecule has 4 aliphatic carbocycles. The van der Waals surface area contributed by atoms with E-state index in [0.29, 0.717) is 0 Å². The Labute approximate surface area is 703 Å². The first-order chi connectivity index (χ1) is 57.0. The quantitative estimate of drug-likeness (QED) is 0.138. The van der Waals surface area contributed by atoms with E-state index in [4.69, 9.17) is 26.2 Å². The standard InChI is InChI=1S/C33H27N.C27H19BrO.C18H11ClO.C17H17NO.C15H15N/c1-33(2)31-11-7-6-10-29(31)30-21-20-28(22-32(30)33)34-27-18-16-26(17-19-27)25-14-12-24(13-15-25)23-8-4-3-5-9-23;1-27(2)23-14-16(10-12-19(23)20-13-11-17(28)15-24(20)27)18-7-5-8-22-21-6-3-4-9-25(21)29-26(18)22;19-14-8-5-12(6-9-14)13-7-10-16-15-3-1-2-4-17(15)20-18(16)11-13;1-11(19)18-12-8-9-14-13-6-4-5-7-15(13)17(2,3)16(14)10-12;1-15(2)13-6-4-3-5-11(13)12-8-7-10(16)9-14(12)15/h3-22,34H,1-2H3;3-15H,1-2H3;1-11H;4-10H,1-3H3,(H,18,19);3-9H,16H2,1-2H3. The van der Waals surface area contributed by atoms with Gasteiger partial charge in [-0.05, 0) is 231 Å². The average molecular weight is 1620 g/mol. The predicted octanol–water partition coefficient (Wildman–Crippen LogP) is 30.8. The second-order valence-electron chi connectivity index (χ2n) is 33.3. The van der Waals surface area contributed by atoms with Crippen molar-refractivity contribution in [2.24, 2.45) is 0 Å². The Balaban J connectivity index is 0.000000104. The monoisotopic (exact) mass is 1610 g/mol. The molecule has 0 aliphatic heterocycles. The van der Waals surface area contributed by atoms with E-state index in [1.54, 1.807) is 0 Å². The summed E-state index contributed by atoms with van der Waals surface area (Å²) in [5, 5.41) is 11.9. The molecule has 1 amide bonds. The maximum Gasteiger partial charge on any atom is 0.221 e. The Kier molecular flexibility index (Phi) is 19.7. The van der Waals surface area contributed by atoms with Crippen LogP contribution in [0.2, 0.25) is 5.02 Å². The van der Waals surface area contributed by atoms with Gasteiger partial charge in [0, 0.05) is 87.9 Å². The topological polar surface area (TPSA) is 93.4 Å². The smallest absolute Gasteiger partial charge is 0.221 e. The molecule has 576 valence electrons. The molecule has 4 aliphatic rings. The number of nitrogens with one attached hydrogen (secondary N) is 2. The number of para-hydroxylation sites is 3. The van der Waals surface area contributed by atoms with Gasteiger partial charge in [-0.1, -0.05) is 332 Å². The molecule has 16 aromatic carbocycles. The van der Waals surface area contributed by atoms with Gasteiger partial charge in [-0.15, -0.1) is 0 Å². The Morgan fingerprint density at radius 2 is 0.669 bits per heavy atom. The van der Waals surface area contributed by atoms with Gasteiger partial charge in [0.15, 0.2) is 0 Å². The van der Waals surface area contributed by atoms with E-state index in [1.165, 1.54) is 135 Å². The van der Waals surface area contributed by atoms with Gasteiger partial charge in [-0.3, -0.25) is 4.79 Å².